The quantitative estimate of drug-likeness (QED) is 0.608. The molecule has 1 N–H and O–H groups in total. The van der Waals surface area contributed by atoms with Gasteiger partial charge in [0.2, 0.25) is 5.88 Å². The summed E-state index contributed by atoms with van der Waals surface area (Å²) in [6.07, 6.45) is 1.61. The van der Waals surface area contributed by atoms with Gasteiger partial charge in [0.25, 0.3) is 11.6 Å². The first kappa shape index (κ1) is 18.6. The van der Waals surface area contributed by atoms with Crippen molar-refractivity contribution in [3.63, 3.8) is 0 Å². The molecule has 1 fully saturated rings. The molecule has 9 nitrogen and oxygen atoms in total. The lowest BCUT2D eigenvalue weighted by Gasteiger charge is -2.30. The van der Waals surface area contributed by atoms with Crippen molar-refractivity contribution in [1.29, 1.82) is 0 Å². The summed E-state index contributed by atoms with van der Waals surface area (Å²) < 4.78 is 10.3. The minimum atomic E-state index is -0.507. The molecule has 1 amide bonds. The Balaban J connectivity index is 1.79. The number of morpholine rings is 1. The summed E-state index contributed by atoms with van der Waals surface area (Å²) in [4.78, 5) is 29.4. The number of nitrogens with one attached hydrogen (secondary N) is 1. The van der Waals surface area contributed by atoms with Crippen LogP contribution < -0.4 is 15.0 Å². The molecule has 0 radical (unpaired) electrons. The smallest absolute Gasteiger partial charge is 0.270 e. The second kappa shape index (κ2) is 8.45. The van der Waals surface area contributed by atoms with E-state index in [1.165, 1.54) is 19.2 Å². The van der Waals surface area contributed by atoms with Gasteiger partial charge < -0.3 is 19.7 Å². The van der Waals surface area contributed by atoms with E-state index in [0.717, 1.165) is 5.56 Å². The summed E-state index contributed by atoms with van der Waals surface area (Å²) in [5.41, 5.74) is 1.60. The normalized spacial score (nSPS) is 13.9. The number of pyridine rings is 1. The fraction of sp³-hybridized carbons (Fsp3) is 0.333. The molecule has 0 aliphatic carbocycles. The molecule has 1 saturated heterocycles. The lowest BCUT2D eigenvalue weighted by molar-refractivity contribution is -0.384. The highest BCUT2D eigenvalue weighted by atomic mass is 16.6. The van der Waals surface area contributed by atoms with Crippen LogP contribution in [0.3, 0.4) is 0 Å². The molecule has 1 aromatic heterocycles. The monoisotopic (exact) mass is 372 g/mol. The third-order valence-corrected chi connectivity index (χ3v) is 4.25. The number of aromatic nitrogens is 1. The SMILES string of the molecule is COc1ccc(CNC(=O)c2cc([N+](=O)[O-])ccc2N2CCOCC2)cn1. The average Bonchev–Trinajstić information content (AvgIpc) is 2.72. The van der Waals surface area contributed by atoms with Gasteiger partial charge in [0.05, 0.1) is 36.5 Å². The Morgan fingerprint density at radius 1 is 1.33 bits per heavy atom. The zero-order valence-electron chi connectivity index (χ0n) is 14.9. The van der Waals surface area contributed by atoms with Gasteiger partial charge in [-0.05, 0) is 11.6 Å². The molecule has 0 spiro atoms. The molecule has 1 aliphatic rings. The molecule has 0 atom stereocenters. The Bertz CT molecular complexity index is 819. The van der Waals surface area contributed by atoms with Gasteiger partial charge >= 0.3 is 0 Å². The van der Waals surface area contributed by atoms with Crippen molar-refractivity contribution in [3.8, 4) is 5.88 Å². The topological polar surface area (TPSA) is 107 Å². The molecule has 0 bridgehead atoms. The van der Waals surface area contributed by atoms with Crippen molar-refractivity contribution in [3.05, 3.63) is 57.8 Å². The average molecular weight is 372 g/mol. The van der Waals surface area contributed by atoms with E-state index in [1.54, 1.807) is 24.4 Å². The third kappa shape index (κ3) is 4.50. The van der Waals surface area contributed by atoms with E-state index in [-0.39, 0.29) is 23.7 Å². The number of non-ortho nitro benzene ring substituents is 1. The van der Waals surface area contributed by atoms with Crippen LogP contribution in [0.5, 0.6) is 5.88 Å². The van der Waals surface area contributed by atoms with Gasteiger partial charge in [-0.3, -0.25) is 14.9 Å². The fourth-order valence-electron chi connectivity index (χ4n) is 2.81. The molecule has 0 saturated carbocycles. The van der Waals surface area contributed by atoms with Crippen molar-refractivity contribution in [2.45, 2.75) is 6.54 Å². The number of amides is 1. The summed E-state index contributed by atoms with van der Waals surface area (Å²) in [7, 11) is 1.53. The van der Waals surface area contributed by atoms with Gasteiger partial charge in [-0.1, -0.05) is 6.07 Å². The highest BCUT2D eigenvalue weighted by molar-refractivity contribution is 6.00. The van der Waals surface area contributed by atoms with Crippen molar-refractivity contribution >= 4 is 17.3 Å². The Labute approximate surface area is 156 Å². The maximum atomic E-state index is 12.7. The van der Waals surface area contributed by atoms with Gasteiger partial charge in [-0.2, -0.15) is 0 Å². The summed E-state index contributed by atoms with van der Waals surface area (Å²) in [6, 6.07) is 7.84. The van der Waals surface area contributed by atoms with Crippen LogP contribution in [-0.4, -0.2) is 49.2 Å². The maximum absolute atomic E-state index is 12.7. The van der Waals surface area contributed by atoms with Crippen LogP contribution in [-0.2, 0) is 11.3 Å². The van der Waals surface area contributed by atoms with Gasteiger partial charge in [0.15, 0.2) is 0 Å². The number of nitro groups is 1. The number of anilines is 1. The number of nitro benzene ring substituents is 1. The fourth-order valence-corrected chi connectivity index (χ4v) is 2.81. The molecular weight excluding hydrogens is 352 g/mol. The molecule has 27 heavy (non-hydrogen) atoms. The number of nitrogens with zero attached hydrogens (tertiary/aromatic N) is 3. The Morgan fingerprint density at radius 2 is 2.11 bits per heavy atom. The third-order valence-electron chi connectivity index (χ3n) is 4.25. The van der Waals surface area contributed by atoms with Crippen LogP contribution in [0.1, 0.15) is 15.9 Å². The van der Waals surface area contributed by atoms with Gasteiger partial charge in [-0.15, -0.1) is 0 Å². The van der Waals surface area contributed by atoms with E-state index in [1.807, 2.05) is 4.90 Å². The second-order valence-electron chi connectivity index (χ2n) is 5.95. The van der Waals surface area contributed by atoms with E-state index in [2.05, 4.69) is 10.3 Å². The summed E-state index contributed by atoms with van der Waals surface area (Å²) in [5, 5.41) is 13.9. The molecule has 0 unspecified atom stereocenters. The number of carbonyl (C=O) groups excluding carboxylic acids is 1. The molecule has 9 heteroatoms. The second-order valence-corrected chi connectivity index (χ2v) is 5.95. The van der Waals surface area contributed by atoms with Crippen LogP contribution in [0.2, 0.25) is 0 Å². The van der Waals surface area contributed by atoms with Crippen LogP contribution in [0.15, 0.2) is 36.5 Å². The van der Waals surface area contributed by atoms with E-state index >= 15 is 0 Å². The van der Waals surface area contributed by atoms with Gasteiger partial charge in [0.1, 0.15) is 0 Å². The van der Waals surface area contributed by atoms with Crippen LogP contribution in [0, 0.1) is 10.1 Å². The Hall–Kier alpha value is -3.20. The first-order valence-electron chi connectivity index (χ1n) is 8.46. The molecule has 3 rings (SSSR count). The standard InChI is InChI=1S/C18H20N4O5/c1-26-17-5-2-13(11-19-17)12-20-18(23)15-10-14(22(24)25)3-4-16(15)21-6-8-27-9-7-21/h2-5,10-11H,6-9,12H2,1H3,(H,20,23). The van der Waals surface area contributed by atoms with Gasteiger partial charge in [-0.25, -0.2) is 4.98 Å². The lowest BCUT2D eigenvalue weighted by atomic mass is 10.1. The highest BCUT2D eigenvalue weighted by Crippen LogP contribution is 2.26. The number of methoxy groups -OCH3 is 1. The molecular formula is C18H20N4O5. The van der Waals surface area contributed by atoms with Crippen molar-refractivity contribution in [2.24, 2.45) is 0 Å². The maximum Gasteiger partial charge on any atom is 0.270 e. The summed E-state index contributed by atoms with van der Waals surface area (Å²) >= 11 is 0. The first-order chi connectivity index (χ1) is 13.1. The van der Waals surface area contributed by atoms with Crippen molar-refractivity contribution in [2.75, 3.05) is 38.3 Å². The van der Waals surface area contributed by atoms with E-state index in [9.17, 15) is 14.9 Å². The number of benzene rings is 1. The Kier molecular flexibility index (Phi) is 5.82. The number of hydrogen-bond donors (Lipinski definition) is 1. The minimum Gasteiger partial charge on any atom is -0.481 e. The minimum absolute atomic E-state index is 0.122. The summed E-state index contributed by atoms with van der Waals surface area (Å²) in [5.74, 6) is 0.106. The van der Waals surface area contributed by atoms with E-state index < -0.39 is 4.92 Å². The predicted molar refractivity (Wildman–Crippen MR) is 98.1 cm³/mol. The van der Waals surface area contributed by atoms with E-state index in [4.69, 9.17) is 9.47 Å². The van der Waals surface area contributed by atoms with Crippen LogP contribution >= 0.6 is 0 Å². The number of hydrogen-bond acceptors (Lipinski definition) is 7. The largest absolute Gasteiger partial charge is 0.481 e. The lowest BCUT2D eigenvalue weighted by Crippen LogP contribution is -2.38. The molecule has 142 valence electrons. The van der Waals surface area contributed by atoms with Gasteiger partial charge in [0, 0.05) is 44.0 Å². The zero-order chi connectivity index (χ0) is 19.2. The first-order valence-corrected chi connectivity index (χ1v) is 8.46. The number of rotatable bonds is 6. The molecule has 2 heterocycles. The van der Waals surface area contributed by atoms with Crippen molar-refractivity contribution < 1.29 is 19.2 Å². The molecule has 1 aromatic carbocycles. The van der Waals surface area contributed by atoms with Crippen LogP contribution in [0.4, 0.5) is 11.4 Å². The van der Waals surface area contributed by atoms with Crippen molar-refractivity contribution in [1.82, 2.24) is 10.3 Å². The zero-order valence-corrected chi connectivity index (χ0v) is 14.9. The summed E-state index contributed by atoms with van der Waals surface area (Å²) in [6.45, 7) is 2.60. The van der Waals surface area contributed by atoms with E-state index in [0.29, 0.717) is 37.9 Å². The molecule has 2 aromatic rings. The number of carbonyl (C=O) groups is 1. The Morgan fingerprint density at radius 3 is 2.74 bits per heavy atom. The highest BCUT2D eigenvalue weighted by Gasteiger charge is 2.22. The predicted octanol–water partition coefficient (Wildman–Crippen LogP) is 1.76. The number of ether oxygens (including phenoxy) is 2. The molecule has 1 aliphatic heterocycles. The van der Waals surface area contributed by atoms with Crippen LogP contribution in [0.25, 0.3) is 0 Å².